The average Bonchev–Trinajstić information content (AvgIpc) is 2.03. The molecule has 4 heteroatoms. The minimum atomic E-state index is -4.26. The molecule has 0 saturated carbocycles. The van der Waals surface area contributed by atoms with Crippen LogP contribution in [0.4, 0.5) is 13.2 Å². The fraction of sp³-hybridized carbons (Fsp3) is 0.375. The highest BCUT2D eigenvalue weighted by molar-refractivity contribution is 5.19. The Labute approximate surface area is 68.2 Å². The third kappa shape index (κ3) is 1.96. The molecule has 1 aromatic rings. The van der Waals surface area contributed by atoms with Crippen LogP contribution >= 0.6 is 0 Å². The molecule has 12 heavy (non-hydrogen) atoms. The van der Waals surface area contributed by atoms with E-state index in [1.807, 2.05) is 0 Å². The topological polar surface area (TPSA) is 12.9 Å². The molecule has 1 nitrogen and oxygen atoms in total. The van der Waals surface area contributed by atoms with Gasteiger partial charge < -0.3 is 0 Å². The van der Waals surface area contributed by atoms with Gasteiger partial charge in [-0.15, -0.1) is 0 Å². The fourth-order valence-electron chi connectivity index (χ4n) is 0.848. The van der Waals surface area contributed by atoms with Gasteiger partial charge in [-0.1, -0.05) is 6.92 Å². The van der Waals surface area contributed by atoms with Crippen molar-refractivity contribution < 1.29 is 13.2 Å². The lowest BCUT2D eigenvalue weighted by molar-refractivity contribution is -0.137. The highest BCUT2D eigenvalue weighted by Gasteiger charge is 2.30. The van der Waals surface area contributed by atoms with Crippen molar-refractivity contribution in [2.75, 3.05) is 0 Å². The maximum absolute atomic E-state index is 12.1. The largest absolute Gasteiger partial charge is 0.416 e. The highest BCUT2D eigenvalue weighted by Crippen LogP contribution is 2.28. The third-order valence-corrected chi connectivity index (χ3v) is 1.51. The Balaban J connectivity index is 3.02. The molecule has 0 unspecified atom stereocenters. The Morgan fingerprint density at radius 2 is 2.08 bits per heavy atom. The summed E-state index contributed by atoms with van der Waals surface area (Å²) >= 11 is 0. The molecule has 0 atom stereocenters. The molecule has 0 aliphatic carbocycles. The molecular formula is C8H8F3N. The van der Waals surface area contributed by atoms with Gasteiger partial charge in [0.1, 0.15) is 0 Å². The lowest BCUT2D eigenvalue weighted by Gasteiger charge is -2.06. The van der Waals surface area contributed by atoms with Gasteiger partial charge in [-0.3, -0.25) is 4.98 Å². The first kappa shape index (κ1) is 9.03. The summed E-state index contributed by atoms with van der Waals surface area (Å²) in [6, 6.07) is 2.04. The number of rotatable bonds is 1. The first-order valence-corrected chi connectivity index (χ1v) is 3.56. The zero-order chi connectivity index (χ0) is 9.19. The Morgan fingerprint density at radius 3 is 2.58 bits per heavy atom. The third-order valence-electron chi connectivity index (χ3n) is 1.51. The van der Waals surface area contributed by atoms with E-state index < -0.39 is 11.7 Å². The van der Waals surface area contributed by atoms with Crippen molar-refractivity contribution in [3.8, 4) is 0 Å². The number of alkyl halides is 3. The van der Waals surface area contributed by atoms with Crippen molar-refractivity contribution in [1.82, 2.24) is 4.98 Å². The van der Waals surface area contributed by atoms with Gasteiger partial charge in [-0.25, -0.2) is 0 Å². The van der Waals surface area contributed by atoms with Crippen molar-refractivity contribution in [3.63, 3.8) is 0 Å². The standard InChI is InChI=1S/C8H8F3N/c1-2-7-5-6(3-4-12-7)8(9,10)11/h3-5H,2H2,1H3. The van der Waals surface area contributed by atoms with E-state index in [1.165, 1.54) is 6.20 Å². The summed E-state index contributed by atoms with van der Waals surface area (Å²) in [6.07, 6.45) is -2.56. The van der Waals surface area contributed by atoms with Gasteiger partial charge in [0.2, 0.25) is 0 Å². The highest BCUT2D eigenvalue weighted by atomic mass is 19.4. The predicted octanol–water partition coefficient (Wildman–Crippen LogP) is 2.66. The second-order valence-corrected chi connectivity index (χ2v) is 2.39. The van der Waals surface area contributed by atoms with Crippen molar-refractivity contribution >= 4 is 0 Å². The lowest BCUT2D eigenvalue weighted by atomic mass is 10.2. The normalized spacial score (nSPS) is 11.7. The Bertz CT molecular complexity index is 267. The molecule has 0 bridgehead atoms. The van der Waals surface area contributed by atoms with Crippen LogP contribution in [-0.4, -0.2) is 4.98 Å². The zero-order valence-corrected chi connectivity index (χ0v) is 6.52. The molecule has 0 amide bonds. The molecule has 1 heterocycles. The Hall–Kier alpha value is -1.06. The number of hydrogen-bond acceptors (Lipinski definition) is 1. The van der Waals surface area contributed by atoms with Gasteiger partial charge in [0.25, 0.3) is 0 Å². The van der Waals surface area contributed by atoms with Crippen LogP contribution in [-0.2, 0) is 12.6 Å². The Morgan fingerprint density at radius 1 is 1.42 bits per heavy atom. The molecule has 0 N–H and O–H groups in total. The number of aromatic nitrogens is 1. The summed E-state index contributed by atoms with van der Waals surface area (Å²) in [7, 11) is 0. The smallest absolute Gasteiger partial charge is 0.261 e. The van der Waals surface area contributed by atoms with E-state index in [9.17, 15) is 13.2 Å². The van der Waals surface area contributed by atoms with Crippen LogP contribution in [0.2, 0.25) is 0 Å². The number of halogens is 3. The predicted molar refractivity (Wildman–Crippen MR) is 38.6 cm³/mol. The molecule has 1 rings (SSSR count). The van der Waals surface area contributed by atoms with Crippen molar-refractivity contribution in [2.24, 2.45) is 0 Å². The van der Waals surface area contributed by atoms with Gasteiger partial charge in [0.05, 0.1) is 5.56 Å². The summed E-state index contributed by atoms with van der Waals surface area (Å²) in [6.45, 7) is 1.77. The minimum absolute atomic E-state index is 0.463. The van der Waals surface area contributed by atoms with Crippen LogP contribution in [0.5, 0.6) is 0 Å². The molecule has 0 aliphatic rings. The monoisotopic (exact) mass is 175 g/mol. The van der Waals surface area contributed by atoms with Crippen molar-refractivity contribution in [1.29, 1.82) is 0 Å². The molecule has 1 aromatic heterocycles. The molecule has 0 saturated heterocycles. The molecule has 0 radical (unpaired) electrons. The number of hydrogen-bond donors (Lipinski definition) is 0. The van der Waals surface area contributed by atoms with Crippen LogP contribution in [0.3, 0.4) is 0 Å². The van der Waals surface area contributed by atoms with E-state index in [0.29, 0.717) is 12.1 Å². The SMILES string of the molecule is CCc1cc(C(F)(F)F)ccn1. The second-order valence-electron chi connectivity index (χ2n) is 2.39. The van der Waals surface area contributed by atoms with Gasteiger partial charge in [0.15, 0.2) is 0 Å². The van der Waals surface area contributed by atoms with E-state index in [1.54, 1.807) is 6.92 Å². The van der Waals surface area contributed by atoms with Gasteiger partial charge in [-0.2, -0.15) is 13.2 Å². The molecule has 0 aromatic carbocycles. The quantitative estimate of drug-likeness (QED) is 0.639. The van der Waals surface area contributed by atoms with E-state index in [4.69, 9.17) is 0 Å². The molecule has 66 valence electrons. The zero-order valence-electron chi connectivity index (χ0n) is 6.52. The second kappa shape index (κ2) is 3.13. The maximum atomic E-state index is 12.1. The van der Waals surface area contributed by atoms with Gasteiger partial charge >= 0.3 is 6.18 Å². The first-order valence-electron chi connectivity index (χ1n) is 3.56. The van der Waals surface area contributed by atoms with Crippen LogP contribution < -0.4 is 0 Å². The van der Waals surface area contributed by atoms with Crippen molar-refractivity contribution in [2.45, 2.75) is 19.5 Å². The maximum Gasteiger partial charge on any atom is 0.416 e. The van der Waals surface area contributed by atoms with Crippen molar-refractivity contribution in [3.05, 3.63) is 29.6 Å². The van der Waals surface area contributed by atoms with E-state index in [2.05, 4.69) is 4.98 Å². The average molecular weight is 175 g/mol. The van der Waals surface area contributed by atoms with Crippen LogP contribution in [0, 0.1) is 0 Å². The molecule has 0 fully saturated rings. The summed E-state index contributed by atoms with van der Waals surface area (Å²) < 4.78 is 36.2. The molecular weight excluding hydrogens is 167 g/mol. The van der Waals surface area contributed by atoms with Crippen LogP contribution in [0.1, 0.15) is 18.2 Å². The lowest BCUT2D eigenvalue weighted by Crippen LogP contribution is -2.05. The van der Waals surface area contributed by atoms with E-state index >= 15 is 0 Å². The first-order chi connectivity index (χ1) is 5.54. The van der Waals surface area contributed by atoms with Gasteiger partial charge in [-0.05, 0) is 18.6 Å². The minimum Gasteiger partial charge on any atom is -0.261 e. The van der Waals surface area contributed by atoms with Crippen LogP contribution in [0.15, 0.2) is 18.3 Å². The Kier molecular flexibility index (Phi) is 2.35. The number of pyridine rings is 1. The summed E-state index contributed by atoms with van der Waals surface area (Å²) in [5.74, 6) is 0. The summed E-state index contributed by atoms with van der Waals surface area (Å²) in [5, 5.41) is 0. The molecule has 0 spiro atoms. The fourth-order valence-corrected chi connectivity index (χ4v) is 0.848. The van der Waals surface area contributed by atoms with E-state index in [-0.39, 0.29) is 0 Å². The summed E-state index contributed by atoms with van der Waals surface area (Å²) in [5.41, 5.74) is -0.167. The number of aryl methyl sites for hydroxylation is 1. The van der Waals surface area contributed by atoms with E-state index in [0.717, 1.165) is 12.1 Å². The molecule has 0 aliphatic heterocycles. The summed E-state index contributed by atoms with van der Waals surface area (Å²) in [4.78, 5) is 3.77. The van der Waals surface area contributed by atoms with Crippen LogP contribution in [0.25, 0.3) is 0 Å². The number of nitrogens with zero attached hydrogens (tertiary/aromatic N) is 1. The van der Waals surface area contributed by atoms with Gasteiger partial charge in [0, 0.05) is 11.9 Å².